The normalized spacial score (nSPS) is 10.9. The van der Waals surface area contributed by atoms with Crippen molar-refractivity contribution in [2.24, 2.45) is 12.0 Å². The van der Waals surface area contributed by atoms with Crippen LogP contribution in [0.1, 0.15) is 24.7 Å². The average molecular weight is 506 g/mol. The predicted octanol–water partition coefficient (Wildman–Crippen LogP) is 2.48. The highest BCUT2D eigenvalue weighted by Gasteiger charge is 2.07. The van der Waals surface area contributed by atoms with Crippen LogP contribution in [0.4, 0.5) is 5.69 Å². The van der Waals surface area contributed by atoms with Crippen molar-refractivity contribution in [3.63, 3.8) is 0 Å². The lowest BCUT2D eigenvalue weighted by Gasteiger charge is -2.12. The summed E-state index contributed by atoms with van der Waals surface area (Å²) >= 11 is 6.07. The number of rotatable bonds is 7. The highest BCUT2D eigenvalue weighted by molar-refractivity contribution is 14.0. The number of aromatic nitrogens is 3. The second-order valence-electron chi connectivity index (χ2n) is 5.63. The van der Waals surface area contributed by atoms with Gasteiger partial charge in [0, 0.05) is 37.3 Å². The van der Waals surface area contributed by atoms with Crippen LogP contribution in [0.25, 0.3) is 0 Å². The molecule has 1 aromatic heterocycles. The summed E-state index contributed by atoms with van der Waals surface area (Å²) in [6.07, 6.45) is 1.80. The first-order valence-corrected chi connectivity index (χ1v) is 8.79. The molecule has 0 radical (unpaired) electrons. The SMILES string of the molecule is CCNC(=NCc1ncnn1C)NCCC(=O)Nc1cccc(Cl)c1C.I. The van der Waals surface area contributed by atoms with Gasteiger partial charge in [-0.15, -0.1) is 24.0 Å². The van der Waals surface area contributed by atoms with Crippen LogP contribution in [0.3, 0.4) is 0 Å². The largest absolute Gasteiger partial charge is 0.357 e. The maximum absolute atomic E-state index is 12.1. The van der Waals surface area contributed by atoms with Gasteiger partial charge in [-0.1, -0.05) is 17.7 Å². The van der Waals surface area contributed by atoms with E-state index >= 15 is 0 Å². The van der Waals surface area contributed by atoms with Crippen LogP contribution in [-0.4, -0.2) is 39.7 Å². The maximum Gasteiger partial charge on any atom is 0.226 e. The lowest BCUT2D eigenvalue weighted by atomic mass is 10.2. The molecule has 0 saturated carbocycles. The van der Waals surface area contributed by atoms with Crippen molar-refractivity contribution >= 4 is 53.1 Å². The monoisotopic (exact) mass is 505 g/mol. The molecule has 1 heterocycles. The first-order valence-electron chi connectivity index (χ1n) is 8.41. The van der Waals surface area contributed by atoms with E-state index in [4.69, 9.17) is 11.6 Å². The number of carbonyl (C=O) groups excluding carboxylic acids is 1. The smallest absolute Gasteiger partial charge is 0.226 e. The fourth-order valence-corrected chi connectivity index (χ4v) is 2.38. The van der Waals surface area contributed by atoms with E-state index in [1.54, 1.807) is 10.7 Å². The van der Waals surface area contributed by atoms with Gasteiger partial charge in [-0.3, -0.25) is 9.48 Å². The van der Waals surface area contributed by atoms with Crippen molar-refractivity contribution in [3.05, 3.63) is 40.9 Å². The third kappa shape index (κ3) is 7.33. The molecule has 2 aromatic rings. The lowest BCUT2D eigenvalue weighted by molar-refractivity contribution is -0.116. The van der Waals surface area contributed by atoms with E-state index in [9.17, 15) is 4.79 Å². The Bertz CT molecular complexity index is 778. The number of nitrogens with one attached hydrogen (secondary N) is 3. The molecule has 3 N–H and O–H groups in total. The van der Waals surface area contributed by atoms with Gasteiger partial charge in [0.25, 0.3) is 0 Å². The van der Waals surface area contributed by atoms with Gasteiger partial charge in [-0.05, 0) is 31.5 Å². The van der Waals surface area contributed by atoms with Crippen molar-refractivity contribution in [1.29, 1.82) is 0 Å². The first kappa shape index (κ1) is 23.2. The molecule has 0 saturated heterocycles. The Morgan fingerprint density at radius 1 is 1.33 bits per heavy atom. The molecule has 0 unspecified atom stereocenters. The Balaban J connectivity index is 0.00000364. The Kier molecular flexibility index (Phi) is 10.1. The van der Waals surface area contributed by atoms with E-state index in [1.165, 1.54) is 6.33 Å². The Morgan fingerprint density at radius 2 is 2.11 bits per heavy atom. The van der Waals surface area contributed by atoms with Gasteiger partial charge < -0.3 is 16.0 Å². The van der Waals surface area contributed by atoms with Gasteiger partial charge in [-0.2, -0.15) is 5.10 Å². The number of guanidine groups is 1. The molecular formula is C17H25ClIN7O. The molecule has 0 spiro atoms. The lowest BCUT2D eigenvalue weighted by Crippen LogP contribution is -2.38. The molecule has 1 aromatic carbocycles. The van der Waals surface area contributed by atoms with E-state index in [1.807, 2.05) is 33.0 Å². The molecule has 10 heteroatoms. The second-order valence-corrected chi connectivity index (χ2v) is 6.04. The molecule has 0 fully saturated rings. The second kappa shape index (κ2) is 11.8. The number of hydrogen-bond acceptors (Lipinski definition) is 4. The molecule has 0 aliphatic rings. The number of carbonyl (C=O) groups is 1. The number of benzene rings is 1. The molecule has 0 aliphatic carbocycles. The van der Waals surface area contributed by atoms with E-state index in [2.05, 4.69) is 31.0 Å². The van der Waals surface area contributed by atoms with Crippen molar-refractivity contribution in [2.75, 3.05) is 18.4 Å². The molecule has 148 valence electrons. The van der Waals surface area contributed by atoms with Gasteiger partial charge in [-0.25, -0.2) is 9.98 Å². The Hall–Kier alpha value is -1.88. The zero-order valence-electron chi connectivity index (χ0n) is 15.6. The van der Waals surface area contributed by atoms with E-state index in [0.717, 1.165) is 23.6 Å². The number of halogens is 2. The van der Waals surface area contributed by atoms with Gasteiger partial charge in [0.15, 0.2) is 5.96 Å². The summed E-state index contributed by atoms with van der Waals surface area (Å²) < 4.78 is 1.67. The zero-order valence-corrected chi connectivity index (χ0v) is 18.7. The molecule has 0 aliphatic heterocycles. The van der Waals surface area contributed by atoms with Crippen LogP contribution in [0.2, 0.25) is 5.02 Å². The van der Waals surface area contributed by atoms with Gasteiger partial charge in [0.2, 0.25) is 5.91 Å². The topological polar surface area (TPSA) is 96.2 Å². The summed E-state index contributed by atoms with van der Waals surface area (Å²) in [5, 5.41) is 13.8. The van der Waals surface area contributed by atoms with Crippen LogP contribution >= 0.6 is 35.6 Å². The highest BCUT2D eigenvalue weighted by atomic mass is 127. The summed E-state index contributed by atoms with van der Waals surface area (Å²) in [6.45, 7) is 5.43. The fraction of sp³-hybridized carbons (Fsp3) is 0.412. The summed E-state index contributed by atoms with van der Waals surface area (Å²) in [6, 6.07) is 5.44. The predicted molar refractivity (Wildman–Crippen MR) is 119 cm³/mol. The summed E-state index contributed by atoms with van der Waals surface area (Å²) in [5.41, 5.74) is 1.58. The Morgan fingerprint density at radius 3 is 2.78 bits per heavy atom. The molecule has 0 atom stereocenters. The van der Waals surface area contributed by atoms with Gasteiger partial charge >= 0.3 is 0 Å². The minimum Gasteiger partial charge on any atom is -0.357 e. The minimum atomic E-state index is -0.0907. The summed E-state index contributed by atoms with van der Waals surface area (Å²) in [4.78, 5) is 20.7. The van der Waals surface area contributed by atoms with E-state index < -0.39 is 0 Å². The third-order valence-electron chi connectivity index (χ3n) is 3.71. The minimum absolute atomic E-state index is 0. The van der Waals surface area contributed by atoms with Crippen LogP contribution in [0.5, 0.6) is 0 Å². The summed E-state index contributed by atoms with van der Waals surface area (Å²) in [5.74, 6) is 1.30. The number of aryl methyl sites for hydroxylation is 1. The molecular weight excluding hydrogens is 481 g/mol. The van der Waals surface area contributed by atoms with E-state index in [-0.39, 0.29) is 29.9 Å². The highest BCUT2D eigenvalue weighted by Crippen LogP contribution is 2.22. The van der Waals surface area contributed by atoms with Crippen molar-refractivity contribution < 1.29 is 4.79 Å². The van der Waals surface area contributed by atoms with Crippen LogP contribution in [-0.2, 0) is 18.4 Å². The van der Waals surface area contributed by atoms with Crippen molar-refractivity contribution in [1.82, 2.24) is 25.4 Å². The summed E-state index contributed by atoms with van der Waals surface area (Å²) in [7, 11) is 1.82. The van der Waals surface area contributed by atoms with Crippen molar-refractivity contribution in [2.45, 2.75) is 26.8 Å². The first-order chi connectivity index (χ1) is 12.5. The molecule has 0 bridgehead atoms. The number of aliphatic imine (C=N–C) groups is 1. The molecule has 2 rings (SSSR count). The maximum atomic E-state index is 12.1. The zero-order chi connectivity index (χ0) is 18.9. The van der Waals surface area contributed by atoms with Crippen LogP contribution in [0.15, 0.2) is 29.5 Å². The van der Waals surface area contributed by atoms with Gasteiger partial charge in [0.05, 0.1) is 0 Å². The van der Waals surface area contributed by atoms with E-state index in [0.29, 0.717) is 30.5 Å². The third-order valence-corrected chi connectivity index (χ3v) is 4.12. The van der Waals surface area contributed by atoms with Gasteiger partial charge in [0.1, 0.15) is 18.7 Å². The molecule has 1 amide bonds. The quantitative estimate of drug-likeness (QED) is 0.305. The molecule has 27 heavy (non-hydrogen) atoms. The fourth-order valence-electron chi connectivity index (χ4n) is 2.20. The average Bonchev–Trinajstić information content (AvgIpc) is 3.02. The number of nitrogens with zero attached hydrogens (tertiary/aromatic N) is 4. The van der Waals surface area contributed by atoms with Crippen LogP contribution < -0.4 is 16.0 Å². The number of amides is 1. The number of hydrogen-bond donors (Lipinski definition) is 3. The molecule has 8 nitrogen and oxygen atoms in total. The van der Waals surface area contributed by atoms with Crippen molar-refractivity contribution in [3.8, 4) is 0 Å². The number of anilines is 1. The Labute approximate surface area is 181 Å². The van der Waals surface area contributed by atoms with Crippen LogP contribution in [0, 0.1) is 6.92 Å². The standard InChI is InChI=1S/C17H24ClN7O.HI/c1-4-19-17(21-10-15-22-11-23-25(15)3)20-9-8-16(26)24-14-7-5-6-13(18)12(14)2;/h5-7,11H,4,8-10H2,1-3H3,(H,24,26)(H2,19,20,21);1H.